The SMILES string of the molecule is CC(=O)Cc1coc(C2CCCS2)n1. The Kier molecular flexibility index (Phi) is 2.91. The van der Waals surface area contributed by atoms with Crippen molar-refractivity contribution in [3.63, 3.8) is 0 Å². The first-order valence-corrected chi connectivity index (χ1v) is 5.86. The lowest BCUT2D eigenvalue weighted by atomic mass is 10.2. The van der Waals surface area contributed by atoms with Gasteiger partial charge < -0.3 is 4.42 Å². The van der Waals surface area contributed by atoms with Crippen LogP contribution in [0.25, 0.3) is 0 Å². The standard InChI is InChI=1S/C10H13NO2S/c1-7(12)5-8-6-13-10(11-8)9-3-2-4-14-9/h6,9H,2-5H2,1H3. The highest BCUT2D eigenvalue weighted by molar-refractivity contribution is 7.99. The van der Waals surface area contributed by atoms with Crippen molar-refractivity contribution < 1.29 is 9.21 Å². The van der Waals surface area contributed by atoms with Crippen LogP contribution in [0.15, 0.2) is 10.7 Å². The monoisotopic (exact) mass is 211 g/mol. The lowest BCUT2D eigenvalue weighted by Crippen LogP contribution is -1.97. The summed E-state index contributed by atoms with van der Waals surface area (Å²) in [5, 5.41) is 0.413. The molecule has 0 amide bonds. The van der Waals surface area contributed by atoms with Gasteiger partial charge in [-0.3, -0.25) is 4.79 Å². The highest BCUT2D eigenvalue weighted by Crippen LogP contribution is 2.39. The molecule has 4 heteroatoms. The van der Waals surface area contributed by atoms with Gasteiger partial charge in [0.15, 0.2) is 0 Å². The van der Waals surface area contributed by atoms with Crippen molar-refractivity contribution in [2.75, 3.05) is 5.75 Å². The van der Waals surface area contributed by atoms with Gasteiger partial charge in [-0.25, -0.2) is 4.98 Å². The summed E-state index contributed by atoms with van der Waals surface area (Å²) in [5.41, 5.74) is 0.764. The fraction of sp³-hybridized carbons (Fsp3) is 0.600. The van der Waals surface area contributed by atoms with Crippen LogP contribution >= 0.6 is 11.8 Å². The molecule has 0 bridgehead atoms. The molecule has 1 fully saturated rings. The Labute approximate surface area is 87.3 Å². The zero-order valence-corrected chi connectivity index (χ0v) is 8.97. The molecule has 2 heterocycles. The molecule has 14 heavy (non-hydrogen) atoms. The molecule has 2 rings (SSSR count). The average Bonchev–Trinajstić information content (AvgIpc) is 2.69. The van der Waals surface area contributed by atoms with Gasteiger partial charge in [0.2, 0.25) is 5.89 Å². The second-order valence-corrected chi connectivity index (χ2v) is 4.87. The summed E-state index contributed by atoms with van der Waals surface area (Å²) >= 11 is 1.89. The Hall–Kier alpha value is -0.770. The summed E-state index contributed by atoms with van der Waals surface area (Å²) in [6.45, 7) is 1.57. The molecule has 1 aromatic rings. The molecular weight excluding hydrogens is 198 g/mol. The first-order valence-electron chi connectivity index (χ1n) is 4.81. The second kappa shape index (κ2) is 4.17. The number of Topliss-reactive ketones (excluding diaryl/α,β-unsaturated/α-hetero) is 1. The molecule has 1 unspecified atom stereocenters. The molecule has 1 aromatic heterocycles. The first kappa shape index (κ1) is 9.77. The van der Waals surface area contributed by atoms with Gasteiger partial charge in [-0.15, -0.1) is 11.8 Å². The zero-order chi connectivity index (χ0) is 9.97. The van der Waals surface area contributed by atoms with Crippen molar-refractivity contribution >= 4 is 17.5 Å². The topological polar surface area (TPSA) is 43.1 Å². The van der Waals surface area contributed by atoms with Gasteiger partial charge in [-0.1, -0.05) is 0 Å². The van der Waals surface area contributed by atoms with Crippen molar-refractivity contribution in [3.8, 4) is 0 Å². The van der Waals surface area contributed by atoms with Crippen LogP contribution in [0.3, 0.4) is 0 Å². The van der Waals surface area contributed by atoms with E-state index in [1.807, 2.05) is 11.8 Å². The molecule has 1 atom stereocenters. The van der Waals surface area contributed by atoms with Crippen LogP contribution in [-0.2, 0) is 11.2 Å². The number of rotatable bonds is 3. The third-order valence-electron chi connectivity index (χ3n) is 2.20. The molecule has 0 spiro atoms. The predicted octanol–water partition coefficient (Wildman–Crippen LogP) is 2.37. The Bertz CT molecular complexity index is 329. The van der Waals surface area contributed by atoms with Crippen LogP contribution in [0, 0.1) is 0 Å². The van der Waals surface area contributed by atoms with Crippen LogP contribution < -0.4 is 0 Å². The minimum atomic E-state index is 0.129. The quantitative estimate of drug-likeness (QED) is 0.769. The Morgan fingerprint density at radius 1 is 1.79 bits per heavy atom. The van der Waals surface area contributed by atoms with Gasteiger partial charge in [0.25, 0.3) is 0 Å². The summed E-state index contributed by atoms with van der Waals surface area (Å²) < 4.78 is 5.37. The van der Waals surface area contributed by atoms with Crippen LogP contribution in [0.4, 0.5) is 0 Å². The summed E-state index contributed by atoms with van der Waals surface area (Å²) in [4.78, 5) is 15.2. The number of hydrogen-bond acceptors (Lipinski definition) is 4. The first-order chi connectivity index (χ1) is 6.75. The van der Waals surface area contributed by atoms with Gasteiger partial charge in [0, 0.05) is 0 Å². The molecule has 3 nitrogen and oxygen atoms in total. The Morgan fingerprint density at radius 3 is 3.29 bits per heavy atom. The fourth-order valence-electron chi connectivity index (χ4n) is 1.58. The van der Waals surface area contributed by atoms with E-state index in [-0.39, 0.29) is 5.78 Å². The number of hydrogen-bond donors (Lipinski definition) is 0. The summed E-state index contributed by atoms with van der Waals surface area (Å²) in [6.07, 6.45) is 4.38. The molecule has 0 saturated carbocycles. The van der Waals surface area contributed by atoms with E-state index in [1.165, 1.54) is 12.2 Å². The molecule has 0 N–H and O–H groups in total. The Morgan fingerprint density at radius 2 is 2.64 bits per heavy atom. The van der Waals surface area contributed by atoms with Gasteiger partial charge in [0.05, 0.1) is 17.4 Å². The van der Waals surface area contributed by atoms with Crippen molar-refractivity contribution in [2.24, 2.45) is 0 Å². The van der Waals surface area contributed by atoms with E-state index in [1.54, 1.807) is 13.2 Å². The van der Waals surface area contributed by atoms with Gasteiger partial charge in [-0.2, -0.15) is 0 Å². The van der Waals surface area contributed by atoms with Gasteiger partial charge in [-0.05, 0) is 25.5 Å². The molecule has 0 aliphatic carbocycles. The van der Waals surface area contributed by atoms with Gasteiger partial charge in [0.1, 0.15) is 12.0 Å². The fourth-order valence-corrected chi connectivity index (χ4v) is 2.78. The van der Waals surface area contributed by atoms with Crippen molar-refractivity contribution in [2.45, 2.75) is 31.4 Å². The molecule has 1 aliphatic rings. The third kappa shape index (κ3) is 2.18. The minimum Gasteiger partial charge on any atom is -0.447 e. The van der Waals surface area contributed by atoms with E-state index in [9.17, 15) is 4.79 Å². The highest BCUT2D eigenvalue weighted by Gasteiger charge is 2.22. The summed E-state index contributed by atoms with van der Waals surface area (Å²) in [7, 11) is 0. The summed E-state index contributed by atoms with van der Waals surface area (Å²) in [5.74, 6) is 2.11. The van der Waals surface area contributed by atoms with E-state index in [2.05, 4.69) is 4.98 Å². The van der Waals surface area contributed by atoms with E-state index >= 15 is 0 Å². The number of aromatic nitrogens is 1. The van der Waals surface area contributed by atoms with Crippen LogP contribution in [0.5, 0.6) is 0 Å². The van der Waals surface area contributed by atoms with Crippen LogP contribution in [0.2, 0.25) is 0 Å². The zero-order valence-electron chi connectivity index (χ0n) is 8.16. The molecule has 1 aliphatic heterocycles. The number of ketones is 1. The molecule has 0 radical (unpaired) electrons. The molecule has 0 aromatic carbocycles. The van der Waals surface area contributed by atoms with Crippen molar-refractivity contribution in [3.05, 3.63) is 17.8 Å². The summed E-state index contributed by atoms with van der Waals surface area (Å²) in [6, 6.07) is 0. The predicted molar refractivity (Wildman–Crippen MR) is 55.3 cm³/mol. The maximum absolute atomic E-state index is 10.9. The number of oxazole rings is 1. The number of carbonyl (C=O) groups is 1. The highest BCUT2D eigenvalue weighted by atomic mass is 32.2. The lowest BCUT2D eigenvalue weighted by molar-refractivity contribution is -0.116. The Balaban J connectivity index is 2.05. The maximum Gasteiger partial charge on any atom is 0.207 e. The smallest absolute Gasteiger partial charge is 0.207 e. The largest absolute Gasteiger partial charge is 0.447 e. The maximum atomic E-state index is 10.9. The average molecular weight is 211 g/mol. The normalized spacial score (nSPS) is 21.4. The number of thioether (sulfide) groups is 1. The van der Waals surface area contributed by atoms with E-state index in [0.29, 0.717) is 11.7 Å². The van der Waals surface area contributed by atoms with Gasteiger partial charge >= 0.3 is 0 Å². The van der Waals surface area contributed by atoms with Crippen molar-refractivity contribution in [1.82, 2.24) is 4.98 Å². The number of carbonyl (C=O) groups excluding carboxylic acids is 1. The van der Waals surface area contributed by atoms with E-state index in [0.717, 1.165) is 18.0 Å². The van der Waals surface area contributed by atoms with Crippen LogP contribution in [0.1, 0.15) is 36.6 Å². The van der Waals surface area contributed by atoms with E-state index < -0.39 is 0 Å². The number of nitrogens with zero attached hydrogens (tertiary/aromatic N) is 1. The molecule has 76 valence electrons. The van der Waals surface area contributed by atoms with Crippen molar-refractivity contribution in [1.29, 1.82) is 0 Å². The minimum absolute atomic E-state index is 0.129. The molecule has 1 saturated heterocycles. The third-order valence-corrected chi connectivity index (χ3v) is 3.57. The van der Waals surface area contributed by atoms with E-state index in [4.69, 9.17) is 4.42 Å². The lowest BCUT2D eigenvalue weighted by Gasteiger charge is -2.00. The second-order valence-electron chi connectivity index (χ2n) is 3.56. The molecular formula is C10H13NO2S. The van der Waals surface area contributed by atoms with Crippen LogP contribution in [-0.4, -0.2) is 16.5 Å².